The zero-order chi connectivity index (χ0) is 22.0. The van der Waals surface area contributed by atoms with Crippen molar-refractivity contribution >= 4 is 28.7 Å². The molecule has 0 spiro atoms. The smallest absolute Gasteiger partial charge is 0.265 e. The van der Waals surface area contributed by atoms with Crippen LogP contribution in [0.3, 0.4) is 0 Å². The van der Waals surface area contributed by atoms with Crippen molar-refractivity contribution in [2.75, 3.05) is 62.0 Å². The van der Waals surface area contributed by atoms with Gasteiger partial charge in [0, 0.05) is 49.3 Å². The van der Waals surface area contributed by atoms with Crippen LogP contribution in [0.1, 0.15) is 13.8 Å². The number of carbonyl (C=O) groups excluding carboxylic acids is 1. The van der Waals surface area contributed by atoms with Crippen molar-refractivity contribution in [1.82, 2.24) is 4.90 Å². The quantitative estimate of drug-likeness (QED) is 0.768. The Morgan fingerprint density at radius 2 is 1.71 bits per heavy atom. The van der Waals surface area contributed by atoms with Crippen LogP contribution in [0.15, 0.2) is 42.5 Å². The number of nitrogens with zero attached hydrogens (tertiary/aromatic N) is 3. The third kappa shape index (κ3) is 5.11. The summed E-state index contributed by atoms with van der Waals surface area (Å²) in [4.78, 5) is 18.6. The monoisotopic (exact) mass is 424 g/mol. The Hall–Kier alpha value is -2.77. The molecule has 7 heteroatoms. The van der Waals surface area contributed by atoms with Gasteiger partial charge in [0.2, 0.25) is 0 Å². The van der Waals surface area contributed by atoms with E-state index < -0.39 is 0 Å². The molecule has 2 atom stereocenters. The number of hydrogen-bond acceptors (Lipinski definition) is 6. The largest absolute Gasteiger partial charge is 0.481 e. The fourth-order valence-corrected chi connectivity index (χ4v) is 4.14. The molecule has 7 nitrogen and oxygen atoms in total. The van der Waals surface area contributed by atoms with Crippen LogP contribution in [0.25, 0.3) is 0 Å². The molecule has 2 aliphatic rings. The van der Waals surface area contributed by atoms with Gasteiger partial charge >= 0.3 is 0 Å². The summed E-state index contributed by atoms with van der Waals surface area (Å²) in [6.45, 7) is 7.57. The lowest BCUT2D eigenvalue weighted by molar-refractivity contribution is -0.121. The molecule has 1 fully saturated rings. The number of fused-ring (bicyclic) bond motifs is 1. The van der Waals surface area contributed by atoms with Gasteiger partial charge < -0.3 is 29.5 Å². The number of carbonyl (C=O) groups is 1. The van der Waals surface area contributed by atoms with E-state index in [0.29, 0.717) is 6.54 Å². The first-order valence-corrected chi connectivity index (χ1v) is 10.9. The number of hydrogen-bond donors (Lipinski definition) is 1. The fourth-order valence-electron chi connectivity index (χ4n) is 4.14. The fraction of sp³-hybridized carbons (Fsp3) is 0.458. The number of nitrogens with one attached hydrogen (secondary N) is 1. The molecule has 0 aliphatic carbocycles. The van der Waals surface area contributed by atoms with Crippen molar-refractivity contribution in [3.05, 3.63) is 42.5 Å². The normalized spacial score (nSPS) is 21.1. The summed E-state index contributed by atoms with van der Waals surface area (Å²) >= 11 is 0. The van der Waals surface area contributed by atoms with Gasteiger partial charge in [-0.1, -0.05) is 0 Å². The molecule has 2 heterocycles. The van der Waals surface area contributed by atoms with E-state index in [1.54, 1.807) is 0 Å². The molecule has 2 aromatic rings. The Labute approximate surface area is 184 Å². The first kappa shape index (κ1) is 21.5. The van der Waals surface area contributed by atoms with E-state index in [9.17, 15) is 4.79 Å². The Bertz CT molecular complexity index is 906. The maximum absolute atomic E-state index is 12.3. The molecule has 1 amide bonds. The van der Waals surface area contributed by atoms with E-state index in [4.69, 9.17) is 9.47 Å². The van der Waals surface area contributed by atoms with Crippen LogP contribution in [0, 0.1) is 0 Å². The number of benzene rings is 2. The summed E-state index contributed by atoms with van der Waals surface area (Å²) in [6.07, 6.45) is 0.474. The molecular weight excluding hydrogens is 392 g/mol. The van der Waals surface area contributed by atoms with E-state index >= 15 is 0 Å². The maximum atomic E-state index is 12.3. The van der Waals surface area contributed by atoms with Gasteiger partial charge in [0.05, 0.1) is 17.9 Å². The number of morpholine rings is 1. The first-order valence-electron chi connectivity index (χ1n) is 10.9. The van der Waals surface area contributed by atoms with E-state index in [2.05, 4.69) is 53.2 Å². The predicted octanol–water partition coefficient (Wildman–Crippen LogP) is 3.33. The Balaban J connectivity index is 1.45. The molecule has 0 aromatic heterocycles. The maximum Gasteiger partial charge on any atom is 0.265 e. The minimum Gasteiger partial charge on any atom is -0.481 e. The Morgan fingerprint density at radius 3 is 2.39 bits per heavy atom. The van der Waals surface area contributed by atoms with Gasteiger partial charge in [0.15, 0.2) is 6.61 Å². The molecule has 0 bridgehead atoms. The summed E-state index contributed by atoms with van der Waals surface area (Å²) in [5.74, 6) is 0.730. The van der Waals surface area contributed by atoms with Crippen molar-refractivity contribution in [2.24, 2.45) is 0 Å². The molecule has 2 aliphatic heterocycles. The standard InChI is InChI=1S/C24H32N4O3/c1-17-14-27(15-18(2)31-17)21-8-5-19(6-9-21)25-20-7-10-22-23(13-20)30-16-24(29)28(22)12-11-26(3)4/h5-10,13,17-18,25H,11-12,14-16H2,1-4H3. The lowest BCUT2D eigenvalue weighted by atomic mass is 10.1. The summed E-state index contributed by atoms with van der Waals surface area (Å²) in [6, 6.07) is 14.4. The van der Waals surface area contributed by atoms with Crippen LogP contribution in [-0.4, -0.2) is 69.9 Å². The third-order valence-corrected chi connectivity index (χ3v) is 5.61. The highest BCUT2D eigenvalue weighted by molar-refractivity contribution is 5.98. The SMILES string of the molecule is CC1CN(c2ccc(Nc3ccc4c(c3)OCC(=O)N4CCN(C)C)cc2)CC(C)O1. The Morgan fingerprint density at radius 1 is 1.03 bits per heavy atom. The molecule has 4 rings (SSSR count). The van der Waals surface area contributed by atoms with E-state index in [-0.39, 0.29) is 24.7 Å². The number of likely N-dealkylation sites (N-methyl/N-ethyl adjacent to an activating group) is 1. The van der Waals surface area contributed by atoms with Gasteiger partial charge in [-0.2, -0.15) is 0 Å². The summed E-state index contributed by atoms with van der Waals surface area (Å²) in [7, 11) is 4.01. The minimum absolute atomic E-state index is 0.00241. The molecule has 1 saturated heterocycles. The van der Waals surface area contributed by atoms with Crippen molar-refractivity contribution < 1.29 is 14.3 Å². The van der Waals surface area contributed by atoms with Crippen LogP contribution < -0.4 is 19.9 Å². The zero-order valence-corrected chi connectivity index (χ0v) is 18.8. The van der Waals surface area contributed by atoms with Gasteiger partial charge in [0.25, 0.3) is 5.91 Å². The Kier molecular flexibility index (Phi) is 6.34. The van der Waals surface area contributed by atoms with Gasteiger partial charge in [-0.25, -0.2) is 0 Å². The summed E-state index contributed by atoms with van der Waals surface area (Å²) < 4.78 is 11.5. The van der Waals surface area contributed by atoms with Crippen molar-refractivity contribution in [3.63, 3.8) is 0 Å². The van der Waals surface area contributed by atoms with Crippen molar-refractivity contribution in [3.8, 4) is 5.75 Å². The van der Waals surface area contributed by atoms with Gasteiger partial charge in [-0.15, -0.1) is 0 Å². The van der Waals surface area contributed by atoms with Crippen LogP contribution in [-0.2, 0) is 9.53 Å². The predicted molar refractivity (Wildman–Crippen MR) is 125 cm³/mol. The minimum atomic E-state index is -0.00241. The lowest BCUT2D eigenvalue weighted by Crippen LogP contribution is -2.45. The second kappa shape index (κ2) is 9.16. The van der Waals surface area contributed by atoms with Gasteiger partial charge in [-0.05, 0) is 64.3 Å². The molecule has 166 valence electrons. The average molecular weight is 425 g/mol. The number of rotatable bonds is 6. The van der Waals surface area contributed by atoms with Gasteiger partial charge in [0.1, 0.15) is 5.75 Å². The van der Waals surface area contributed by atoms with Crippen LogP contribution >= 0.6 is 0 Å². The highest BCUT2D eigenvalue weighted by atomic mass is 16.5. The van der Waals surface area contributed by atoms with E-state index in [0.717, 1.165) is 42.4 Å². The highest BCUT2D eigenvalue weighted by Crippen LogP contribution is 2.35. The second-order valence-electron chi connectivity index (χ2n) is 8.65. The summed E-state index contributed by atoms with van der Waals surface area (Å²) in [5, 5.41) is 3.44. The van der Waals surface area contributed by atoms with Gasteiger partial charge in [-0.3, -0.25) is 4.79 Å². The highest BCUT2D eigenvalue weighted by Gasteiger charge is 2.26. The topological polar surface area (TPSA) is 57.3 Å². The average Bonchev–Trinajstić information content (AvgIpc) is 2.73. The number of ether oxygens (including phenoxy) is 2. The van der Waals surface area contributed by atoms with Crippen LogP contribution in [0.4, 0.5) is 22.7 Å². The molecule has 2 aromatic carbocycles. The lowest BCUT2D eigenvalue weighted by Gasteiger charge is -2.36. The van der Waals surface area contributed by atoms with Crippen molar-refractivity contribution in [2.45, 2.75) is 26.1 Å². The van der Waals surface area contributed by atoms with E-state index in [1.807, 2.05) is 37.2 Å². The van der Waals surface area contributed by atoms with Crippen molar-refractivity contribution in [1.29, 1.82) is 0 Å². The molecule has 0 radical (unpaired) electrons. The number of amides is 1. The zero-order valence-electron chi connectivity index (χ0n) is 18.8. The second-order valence-corrected chi connectivity index (χ2v) is 8.65. The molecule has 0 saturated carbocycles. The summed E-state index contributed by atoms with van der Waals surface area (Å²) in [5.41, 5.74) is 3.97. The third-order valence-electron chi connectivity index (χ3n) is 5.61. The molecule has 2 unspecified atom stereocenters. The first-order chi connectivity index (χ1) is 14.9. The number of anilines is 4. The molecule has 31 heavy (non-hydrogen) atoms. The van der Waals surface area contributed by atoms with E-state index in [1.165, 1.54) is 5.69 Å². The molecular formula is C24H32N4O3. The van der Waals surface area contributed by atoms with Crippen LogP contribution in [0.5, 0.6) is 5.75 Å². The molecule has 1 N–H and O–H groups in total. The van der Waals surface area contributed by atoms with Crippen LogP contribution in [0.2, 0.25) is 0 Å².